The maximum Gasteiger partial charge on any atom is 0.0416 e. The zero-order chi connectivity index (χ0) is 11.5. The molecule has 2 rings (SSSR count). The van der Waals surface area contributed by atoms with E-state index in [2.05, 4.69) is 30.9 Å². The Morgan fingerprint density at radius 2 is 2.25 bits per heavy atom. The van der Waals surface area contributed by atoms with Crippen LogP contribution in [0.2, 0.25) is 0 Å². The molecule has 0 radical (unpaired) electrons. The highest BCUT2D eigenvalue weighted by atomic mass is 15.2. The van der Waals surface area contributed by atoms with E-state index in [1.54, 1.807) is 0 Å². The molecule has 16 heavy (non-hydrogen) atoms. The average molecular weight is 218 g/mol. The maximum atomic E-state index is 5.95. The number of rotatable bonds is 3. The lowest BCUT2D eigenvalue weighted by atomic mass is 10.0. The molecule has 1 fully saturated rings. The Labute approximate surface area is 98.4 Å². The van der Waals surface area contributed by atoms with Gasteiger partial charge >= 0.3 is 0 Å². The van der Waals surface area contributed by atoms with Crippen LogP contribution < -0.4 is 10.6 Å². The van der Waals surface area contributed by atoms with Crippen molar-refractivity contribution in [2.45, 2.75) is 33.1 Å². The van der Waals surface area contributed by atoms with Crippen molar-refractivity contribution < 1.29 is 0 Å². The molecule has 1 aromatic carbocycles. The third-order valence-electron chi connectivity index (χ3n) is 3.67. The van der Waals surface area contributed by atoms with Crippen molar-refractivity contribution in [3.63, 3.8) is 0 Å². The number of nitrogens with two attached hydrogens (primary N) is 1. The second-order valence-electron chi connectivity index (χ2n) is 4.88. The summed E-state index contributed by atoms with van der Waals surface area (Å²) in [7, 11) is 0. The van der Waals surface area contributed by atoms with Crippen LogP contribution in [0.1, 0.15) is 31.7 Å². The molecule has 0 aromatic heterocycles. The molecule has 0 bridgehead atoms. The zero-order valence-corrected chi connectivity index (χ0v) is 10.4. The molecule has 1 unspecified atom stereocenters. The molecule has 2 heteroatoms. The van der Waals surface area contributed by atoms with Crippen molar-refractivity contribution in [2.75, 3.05) is 23.7 Å². The van der Waals surface area contributed by atoms with Crippen molar-refractivity contribution in [1.29, 1.82) is 0 Å². The van der Waals surface area contributed by atoms with Crippen LogP contribution in [0.3, 0.4) is 0 Å². The van der Waals surface area contributed by atoms with Crippen molar-refractivity contribution in [3.05, 3.63) is 23.8 Å². The minimum Gasteiger partial charge on any atom is -0.398 e. The summed E-state index contributed by atoms with van der Waals surface area (Å²) in [6.45, 7) is 6.79. The topological polar surface area (TPSA) is 29.3 Å². The molecule has 2 N–H and O–H groups in total. The van der Waals surface area contributed by atoms with Gasteiger partial charge in [0, 0.05) is 24.5 Å². The zero-order valence-electron chi connectivity index (χ0n) is 10.4. The highest BCUT2D eigenvalue weighted by molar-refractivity contribution is 5.64. The third-order valence-corrected chi connectivity index (χ3v) is 3.67. The van der Waals surface area contributed by atoms with Crippen molar-refractivity contribution in [2.24, 2.45) is 5.92 Å². The van der Waals surface area contributed by atoms with Crippen molar-refractivity contribution in [3.8, 4) is 0 Å². The van der Waals surface area contributed by atoms with Gasteiger partial charge in [0.1, 0.15) is 0 Å². The summed E-state index contributed by atoms with van der Waals surface area (Å²) in [6, 6.07) is 6.24. The molecule has 1 aromatic rings. The van der Waals surface area contributed by atoms with Crippen LogP contribution in [0.5, 0.6) is 0 Å². The van der Waals surface area contributed by atoms with Gasteiger partial charge in [0.05, 0.1) is 0 Å². The fourth-order valence-corrected chi connectivity index (χ4v) is 2.68. The first kappa shape index (κ1) is 11.3. The quantitative estimate of drug-likeness (QED) is 0.789. The van der Waals surface area contributed by atoms with Gasteiger partial charge in [0.2, 0.25) is 0 Å². The van der Waals surface area contributed by atoms with Crippen molar-refractivity contribution >= 4 is 11.4 Å². The highest BCUT2D eigenvalue weighted by Gasteiger charge is 2.22. The first-order valence-corrected chi connectivity index (χ1v) is 6.32. The summed E-state index contributed by atoms with van der Waals surface area (Å²) in [6.07, 6.45) is 3.99. The number of hydrogen-bond acceptors (Lipinski definition) is 2. The van der Waals surface area contributed by atoms with Gasteiger partial charge in [0.15, 0.2) is 0 Å². The van der Waals surface area contributed by atoms with Crippen molar-refractivity contribution in [1.82, 2.24) is 0 Å². The van der Waals surface area contributed by atoms with E-state index in [1.165, 1.54) is 43.6 Å². The molecule has 1 heterocycles. The lowest BCUT2D eigenvalue weighted by molar-refractivity contribution is 0.530. The molecule has 0 amide bonds. The molecule has 0 aliphatic carbocycles. The molecule has 1 saturated heterocycles. The summed E-state index contributed by atoms with van der Waals surface area (Å²) in [5.74, 6) is 0.880. The molecular weight excluding hydrogens is 196 g/mol. The number of anilines is 2. The van der Waals surface area contributed by atoms with E-state index < -0.39 is 0 Å². The summed E-state index contributed by atoms with van der Waals surface area (Å²) in [5.41, 5.74) is 9.44. The monoisotopic (exact) mass is 218 g/mol. The van der Waals surface area contributed by atoms with Gasteiger partial charge in [-0.3, -0.25) is 0 Å². The van der Waals surface area contributed by atoms with Crippen LogP contribution in [0.15, 0.2) is 18.2 Å². The number of hydrogen-bond donors (Lipinski definition) is 1. The van der Waals surface area contributed by atoms with Gasteiger partial charge in [0.25, 0.3) is 0 Å². The lowest BCUT2D eigenvalue weighted by Gasteiger charge is -2.21. The highest BCUT2D eigenvalue weighted by Crippen LogP contribution is 2.30. The third kappa shape index (κ3) is 2.16. The number of benzene rings is 1. The predicted octanol–water partition coefficient (Wildman–Crippen LogP) is 3.20. The van der Waals surface area contributed by atoms with E-state index in [0.717, 1.165) is 11.6 Å². The van der Waals surface area contributed by atoms with Gasteiger partial charge in [-0.05, 0) is 43.4 Å². The predicted molar refractivity (Wildman–Crippen MR) is 70.8 cm³/mol. The molecule has 2 nitrogen and oxygen atoms in total. The number of nitrogens with zero attached hydrogens (tertiary/aromatic N) is 1. The Kier molecular flexibility index (Phi) is 3.37. The standard InChI is InChI=1S/C14H22N2/c1-3-5-12-8-9-16(10-12)14-7-4-6-13(15)11(14)2/h4,6-7,12H,3,5,8-10,15H2,1-2H3. The van der Waals surface area contributed by atoms with Gasteiger partial charge in [-0.15, -0.1) is 0 Å². The molecule has 1 atom stereocenters. The van der Waals surface area contributed by atoms with E-state index in [0.29, 0.717) is 0 Å². The summed E-state index contributed by atoms with van der Waals surface area (Å²) >= 11 is 0. The van der Waals surface area contributed by atoms with E-state index in [1.807, 2.05) is 6.07 Å². The van der Waals surface area contributed by atoms with E-state index in [9.17, 15) is 0 Å². The minimum absolute atomic E-state index is 0.880. The normalized spacial score (nSPS) is 20.4. The average Bonchev–Trinajstić information content (AvgIpc) is 2.71. The summed E-state index contributed by atoms with van der Waals surface area (Å²) < 4.78 is 0. The molecule has 1 aliphatic rings. The SMILES string of the molecule is CCCC1CCN(c2cccc(N)c2C)C1. The minimum atomic E-state index is 0.880. The molecule has 88 valence electrons. The first-order valence-electron chi connectivity index (χ1n) is 6.32. The van der Waals surface area contributed by atoms with Gasteiger partial charge < -0.3 is 10.6 Å². The van der Waals surface area contributed by atoms with Gasteiger partial charge in [-0.2, -0.15) is 0 Å². The van der Waals surface area contributed by atoms with Crippen LogP contribution in [0, 0.1) is 12.8 Å². The number of nitrogen functional groups attached to an aromatic ring is 1. The maximum absolute atomic E-state index is 5.95. The Bertz CT molecular complexity index is 360. The fraction of sp³-hybridized carbons (Fsp3) is 0.571. The van der Waals surface area contributed by atoms with E-state index in [-0.39, 0.29) is 0 Å². The van der Waals surface area contributed by atoms with Crippen LogP contribution in [0.25, 0.3) is 0 Å². The molecule has 0 saturated carbocycles. The molecular formula is C14H22N2. The van der Waals surface area contributed by atoms with Crippen LogP contribution in [0.4, 0.5) is 11.4 Å². The second-order valence-corrected chi connectivity index (χ2v) is 4.88. The largest absolute Gasteiger partial charge is 0.398 e. The van der Waals surface area contributed by atoms with Gasteiger partial charge in [-0.1, -0.05) is 19.4 Å². The van der Waals surface area contributed by atoms with E-state index >= 15 is 0 Å². The van der Waals surface area contributed by atoms with Crippen LogP contribution in [-0.4, -0.2) is 13.1 Å². The van der Waals surface area contributed by atoms with E-state index in [4.69, 9.17) is 5.73 Å². The Morgan fingerprint density at radius 3 is 3.00 bits per heavy atom. The molecule has 1 aliphatic heterocycles. The fourth-order valence-electron chi connectivity index (χ4n) is 2.68. The smallest absolute Gasteiger partial charge is 0.0416 e. The first-order chi connectivity index (χ1) is 7.72. The summed E-state index contributed by atoms with van der Waals surface area (Å²) in [5, 5.41) is 0. The second kappa shape index (κ2) is 4.77. The van der Waals surface area contributed by atoms with Gasteiger partial charge in [-0.25, -0.2) is 0 Å². The Morgan fingerprint density at radius 1 is 1.44 bits per heavy atom. The molecule has 0 spiro atoms. The lowest BCUT2D eigenvalue weighted by Crippen LogP contribution is -2.20. The Balaban J connectivity index is 2.11. The van der Waals surface area contributed by atoms with Crippen LogP contribution >= 0.6 is 0 Å². The van der Waals surface area contributed by atoms with Crippen LogP contribution in [-0.2, 0) is 0 Å². The Hall–Kier alpha value is -1.18. The summed E-state index contributed by atoms with van der Waals surface area (Å²) in [4.78, 5) is 2.49.